The topological polar surface area (TPSA) is 126 Å². The van der Waals surface area contributed by atoms with E-state index < -0.39 is 18.0 Å². The second kappa shape index (κ2) is 7.56. The summed E-state index contributed by atoms with van der Waals surface area (Å²) in [6, 6.07) is 8.23. The first-order chi connectivity index (χ1) is 12.1. The van der Waals surface area contributed by atoms with Gasteiger partial charge in [-0.15, -0.1) is 0 Å². The molecule has 1 saturated heterocycles. The van der Waals surface area contributed by atoms with Gasteiger partial charge in [-0.1, -0.05) is 23.4 Å². The van der Waals surface area contributed by atoms with E-state index in [9.17, 15) is 14.4 Å². The minimum atomic E-state index is -0.649. The van der Waals surface area contributed by atoms with Crippen LogP contribution in [0.25, 0.3) is 11.5 Å². The van der Waals surface area contributed by atoms with Gasteiger partial charge in [0, 0.05) is 24.9 Å². The fraction of sp³-hybridized carbons (Fsp3) is 0.312. The highest BCUT2D eigenvalue weighted by Gasteiger charge is 2.29. The van der Waals surface area contributed by atoms with E-state index in [1.54, 1.807) is 0 Å². The first-order valence-electron chi connectivity index (χ1n) is 7.88. The lowest BCUT2D eigenvalue weighted by molar-refractivity contribution is -0.122. The summed E-state index contributed by atoms with van der Waals surface area (Å²) >= 11 is 0. The molecule has 0 aliphatic carbocycles. The van der Waals surface area contributed by atoms with E-state index in [0.717, 1.165) is 5.56 Å². The Kier molecular flexibility index (Phi) is 5.03. The number of imide groups is 1. The van der Waals surface area contributed by atoms with Crippen LogP contribution in [0.1, 0.15) is 18.7 Å². The van der Waals surface area contributed by atoms with Crippen LogP contribution in [0, 0.1) is 0 Å². The zero-order valence-corrected chi connectivity index (χ0v) is 13.3. The van der Waals surface area contributed by atoms with E-state index in [4.69, 9.17) is 4.52 Å². The van der Waals surface area contributed by atoms with Crippen molar-refractivity contribution in [3.63, 3.8) is 0 Å². The van der Waals surface area contributed by atoms with Crippen LogP contribution in [-0.4, -0.2) is 40.6 Å². The second-order valence-corrected chi connectivity index (χ2v) is 5.54. The maximum Gasteiger partial charge on any atom is 0.322 e. The van der Waals surface area contributed by atoms with Crippen molar-refractivity contribution in [2.45, 2.75) is 25.3 Å². The van der Waals surface area contributed by atoms with Crippen molar-refractivity contribution in [3.05, 3.63) is 36.2 Å². The average Bonchev–Trinajstić information content (AvgIpc) is 3.20. The van der Waals surface area contributed by atoms with Gasteiger partial charge in [-0.2, -0.15) is 4.98 Å². The SMILES string of the molecule is O=C(CC[C@H]1NC(=O)NC1=O)NCCc1noc(-c2ccccc2)n1. The monoisotopic (exact) mass is 343 g/mol. The minimum Gasteiger partial charge on any atom is -0.356 e. The van der Waals surface area contributed by atoms with Gasteiger partial charge in [0.15, 0.2) is 5.82 Å². The maximum atomic E-state index is 11.8. The lowest BCUT2D eigenvalue weighted by Gasteiger charge is -2.07. The van der Waals surface area contributed by atoms with Gasteiger partial charge in [-0.25, -0.2) is 4.79 Å². The summed E-state index contributed by atoms with van der Waals surface area (Å²) in [7, 11) is 0. The normalized spacial score (nSPS) is 16.4. The van der Waals surface area contributed by atoms with Crippen LogP contribution < -0.4 is 16.0 Å². The average molecular weight is 343 g/mol. The van der Waals surface area contributed by atoms with Crippen molar-refractivity contribution in [1.29, 1.82) is 0 Å². The van der Waals surface area contributed by atoms with Gasteiger partial charge >= 0.3 is 6.03 Å². The van der Waals surface area contributed by atoms with Crippen molar-refractivity contribution in [3.8, 4) is 11.5 Å². The minimum absolute atomic E-state index is 0.139. The number of carbonyl (C=O) groups is 3. The van der Waals surface area contributed by atoms with Gasteiger partial charge in [0.2, 0.25) is 5.91 Å². The molecule has 2 heterocycles. The van der Waals surface area contributed by atoms with Crippen LogP contribution >= 0.6 is 0 Å². The molecular formula is C16H17N5O4. The van der Waals surface area contributed by atoms with Crippen molar-refractivity contribution >= 4 is 17.8 Å². The molecule has 130 valence electrons. The summed E-state index contributed by atoms with van der Waals surface area (Å²) < 4.78 is 5.19. The van der Waals surface area contributed by atoms with Gasteiger partial charge in [-0.3, -0.25) is 14.9 Å². The number of nitrogens with zero attached hydrogens (tertiary/aromatic N) is 2. The van der Waals surface area contributed by atoms with E-state index in [1.807, 2.05) is 30.3 Å². The highest BCUT2D eigenvalue weighted by Crippen LogP contribution is 2.15. The molecule has 9 nitrogen and oxygen atoms in total. The number of nitrogens with one attached hydrogen (secondary N) is 3. The molecule has 1 aromatic carbocycles. The van der Waals surface area contributed by atoms with E-state index in [-0.39, 0.29) is 18.7 Å². The summed E-state index contributed by atoms with van der Waals surface area (Å²) in [6.07, 6.45) is 0.826. The first-order valence-corrected chi connectivity index (χ1v) is 7.88. The smallest absolute Gasteiger partial charge is 0.322 e. The Morgan fingerprint density at radius 2 is 2.04 bits per heavy atom. The van der Waals surface area contributed by atoms with E-state index in [2.05, 4.69) is 26.1 Å². The quantitative estimate of drug-likeness (QED) is 0.624. The van der Waals surface area contributed by atoms with Crippen LogP contribution in [0.4, 0.5) is 4.79 Å². The zero-order chi connectivity index (χ0) is 17.6. The third-order valence-corrected chi connectivity index (χ3v) is 3.68. The van der Waals surface area contributed by atoms with Crippen LogP contribution in [0.3, 0.4) is 0 Å². The number of hydrogen-bond donors (Lipinski definition) is 3. The van der Waals surface area contributed by atoms with Gasteiger partial charge < -0.3 is 15.2 Å². The van der Waals surface area contributed by atoms with Crippen LogP contribution in [0.5, 0.6) is 0 Å². The summed E-state index contributed by atoms with van der Waals surface area (Å²) in [5, 5.41) is 11.2. The molecule has 25 heavy (non-hydrogen) atoms. The third-order valence-electron chi connectivity index (χ3n) is 3.68. The number of rotatable bonds is 7. The molecule has 1 aliphatic rings. The van der Waals surface area contributed by atoms with Gasteiger partial charge in [0.05, 0.1) is 0 Å². The fourth-order valence-corrected chi connectivity index (χ4v) is 2.39. The van der Waals surface area contributed by atoms with Crippen LogP contribution in [0.15, 0.2) is 34.9 Å². The Balaban J connectivity index is 1.39. The molecule has 0 saturated carbocycles. The lowest BCUT2D eigenvalue weighted by Crippen LogP contribution is -2.32. The number of urea groups is 1. The standard InChI is InChI=1S/C16H17N5O4/c22-13(7-6-11-14(23)20-16(24)18-11)17-9-8-12-19-15(25-21-12)10-4-2-1-3-5-10/h1-5,11H,6-9H2,(H,17,22)(H2,18,20,23,24)/t11-/m1/s1. The van der Waals surface area contributed by atoms with Crippen LogP contribution in [-0.2, 0) is 16.0 Å². The van der Waals surface area contributed by atoms with E-state index in [0.29, 0.717) is 24.7 Å². The zero-order valence-electron chi connectivity index (χ0n) is 13.3. The molecule has 1 fully saturated rings. The maximum absolute atomic E-state index is 11.8. The highest BCUT2D eigenvalue weighted by molar-refractivity contribution is 6.04. The Hall–Kier alpha value is -3.23. The molecule has 0 radical (unpaired) electrons. The Labute approximate surface area is 143 Å². The second-order valence-electron chi connectivity index (χ2n) is 5.54. The van der Waals surface area contributed by atoms with Gasteiger partial charge in [0.25, 0.3) is 11.8 Å². The molecule has 0 bridgehead atoms. The third kappa shape index (κ3) is 4.40. The van der Waals surface area contributed by atoms with Crippen molar-refractivity contribution in [2.75, 3.05) is 6.54 Å². The largest absolute Gasteiger partial charge is 0.356 e. The fourth-order valence-electron chi connectivity index (χ4n) is 2.39. The molecule has 9 heteroatoms. The van der Waals surface area contributed by atoms with Crippen LogP contribution in [0.2, 0.25) is 0 Å². The predicted octanol–water partition coefficient (Wildman–Crippen LogP) is 0.384. The summed E-state index contributed by atoms with van der Waals surface area (Å²) in [6.45, 7) is 0.357. The highest BCUT2D eigenvalue weighted by atomic mass is 16.5. The van der Waals surface area contributed by atoms with Crippen molar-refractivity contribution in [1.82, 2.24) is 26.1 Å². The van der Waals surface area contributed by atoms with E-state index >= 15 is 0 Å². The predicted molar refractivity (Wildman–Crippen MR) is 86.1 cm³/mol. The molecular weight excluding hydrogens is 326 g/mol. The molecule has 4 amide bonds. The molecule has 0 unspecified atom stereocenters. The number of hydrogen-bond acceptors (Lipinski definition) is 6. The number of aromatic nitrogens is 2. The lowest BCUT2D eigenvalue weighted by atomic mass is 10.1. The molecule has 1 aliphatic heterocycles. The molecule has 1 aromatic heterocycles. The molecule has 0 spiro atoms. The molecule has 3 N–H and O–H groups in total. The van der Waals surface area contributed by atoms with Crippen molar-refractivity contribution < 1.29 is 18.9 Å². The molecule has 3 rings (SSSR count). The molecule has 1 atom stereocenters. The number of carbonyl (C=O) groups excluding carboxylic acids is 3. The Bertz CT molecular complexity index is 774. The van der Waals surface area contributed by atoms with Crippen molar-refractivity contribution in [2.24, 2.45) is 0 Å². The number of benzene rings is 1. The van der Waals surface area contributed by atoms with Gasteiger partial charge in [0.1, 0.15) is 6.04 Å². The first kappa shape index (κ1) is 16.6. The molecule has 2 aromatic rings. The Morgan fingerprint density at radius 3 is 2.76 bits per heavy atom. The summed E-state index contributed by atoms with van der Waals surface area (Å²) in [5.41, 5.74) is 0.835. The number of amides is 4. The summed E-state index contributed by atoms with van der Waals surface area (Å²) in [5.74, 6) is 0.324. The summed E-state index contributed by atoms with van der Waals surface area (Å²) in [4.78, 5) is 38.4. The Morgan fingerprint density at radius 1 is 1.24 bits per heavy atom. The van der Waals surface area contributed by atoms with E-state index in [1.165, 1.54) is 0 Å². The van der Waals surface area contributed by atoms with Gasteiger partial charge in [-0.05, 0) is 18.6 Å².